The number of para-hydroxylation sites is 1. The number of halogens is 4. The average molecular weight is 492 g/mol. The van der Waals surface area contributed by atoms with Crippen molar-refractivity contribution in [3.8, 4) is 28.8 Å². The molecule has 0 fully saturated rings. The summed E-state index contributed by atoms with van der Waals surface area (Å²) in [5.74, 6) is 0.0307. The third kappa shape index (κ3) is 3.94. The van der Waals surface area contributed by atoms with Crippen LogP contribution in [0, 0.1) is 11.3 Å². The van der Waals surface area contributed by atoms with Crippen LogP contribution in [-0.4, -0.2) is 19.1 Å². The van der Waals surface area contributed by atoms with E-state index in [9.17, 15) is 23.2 Å². The van der Waals surface area contributed by atoms with E-state index in [-0.39, 0.29) is 28.4 Å². The Morgan fingerprint density at radius 2 is 1.46 bits per heavy atom. The van der Waals surface area contributed by atoms with E-state index in [1.165, 1.54) is 21.3 Å². The SMILES string of the molecule is N#Cc1nc2c(=O)n(-c3ccc(Cl)cc3)c(-c3ccc(C(F)(F)F)cc3)nc2n1-c1ccccc1. The molecule has 0 N–H and O–H groups in total. The Morgan fingerprint density at radius 1 is 0.829 bits per heavy atom. The van der Waals surface area contributed by atoms with Gasteiger partial charge in [0.2, 0.25) is 5.82 Å². The molecule has 0 atom stereocenters. The molecule has 2 heterocycles. The summed E-state index contributed by atoms with van der Waals surface area (Å²) < 4.78 is 42.1. The number of benzene rings is 3. The molecule has 0 unspecified atom stereocenters. The van der Waals surface area contributed by atoms with Crippen LogP contribution in [0.2, 0.25) is 5.02 Å². The largest absolute Gasteiger partial charge is 0.416 e. The summed E-state index contributed by atoms with van der Waals surface area (Å²) >= 11 is 6.00. The van der Waals surface area contributed by atoms with Gasteiger partial charge in [0, 0.05) is 16.3 Å². The highest BCUT2D eigenvalue weighted by molar-refractivity contribution is 6.30. The highest BCUT2D eigenvalue weighted by Crippen LogP contribution is 2.31. The molecule has 5 rings (SSSR count). The van der Waals surface area contributed by atoms with Crippen LogP contribution in [0.3, 0.4) is 0 Å². The summed E-state index contributed by atoms with van der Waals surface area (Å²) in [7, 11) is 0. The Hall–Kier alpha value is -4.42. The number of nitrogens with zero attached hydrogens (tertiary/aromatic N) is 5. The fourth-order valence-electron chi connectivity index (χ4n) is 3.74. The van der Waals surface area contributed by atoms with Gasteiger partial charge in [0.25, 0.3) is 5.56 Å². The molecule has 172 valence electrons. The first-order chi connectivity index (χ1) is 16.8. The van der Waals surface area contributed by atoms with Crippen molar-refractivity contribution in [2.45, 2.75) is 6.18 Å². The number of hydrogen-bond acceptors (Lipinski definition) is 4. The Morgan fingerprint density at radius 3 is 2.06 bits per heavy atom. The second-order valence-electron chi connectivity index (χ2n) is 7.52. The van der Waals surface area contributed by atoms with E-state index >= 15 is 0 Å². The second-order valence-corrected chi connectivity index (χ2v) is 7.95. The van der Waals surface area contributed by atoms with Crippen LogP contribution in [0.5, 0.6) is 0 Å². The van der Waals surface area contributed by atoms with Crippen molar-refractivity contribution in [2.24, 2.45) is 0 Å². The molecule has 0 aliphatic carbocycles. The van der Waals surface area contributed by atoms with Crippen molar-refractivity contribution in [1.82, 2.24) is 19.1 Å². The molecular formula is C25H13ClF3N5O. The monoisotopic (exact) mass is 491 g/mol. The molecule has 0 saturated carbocycles. The van der Waals surface area contributed by atoms with Gasteiger partial charge in [-0.1, -0.05) is 41.9 Å². The molecule has 5 aromatic rings. The van der Waals surface area contributed by atoms with Crippen molar-refractivity contribution >= 4 is 22.8 Å². The minimum atomic E-state index is -4.51. The Labute approximate surface area is 201 Å². The van der Waals surface area contributed by atoms with Crippen molar-refractivity contribution in [3.63, 3.8) is 0 Å². The van der Waals surface area contributed by atoms with Crippen LogP contribution in [0.4, 0.5) is 13.2 Å². The van der Waals surface area contributed by atoms with Gasteiger partial charge in [0.05, 0.1) is 11.3 Å². The van der Waals surface area contributed by atoms with Gasteiger partial charge >= 0.3 is 6.18 Å². The molecule has 0 aliphatic heterocycles. The van der Waals surface area contributed by atoms with Crippen molar-refractivity contribution in [1.29, 1.82) is 5.26 Å². The summed E-state index contributed by atoms with van der Waals surface area (Å²) in [4.78, 5) is 22.5. The second kappa shape index (κ2) is 8.42. The standard InChI is InChI=1S/C25H13ClF3N5O/c26-17-10-12-19(13-11-17)34-22(15-6-8-16(9-7-15)25(27,28)29)32-23-21(24(34)35)31-20(14-30)33(23)18-4-2-1-3-5-18/h1-13H. The van der Waals surface area contributed by atoms with E-state index in [1.807, 2.05) is 6.07 Å². The molecule has 0 saturated heterocycles. The highest BCUT2D eigenvalue weighted by atomic mass is 35.5. The van der Waals surface area contributed by atoms with Gasteiger partial charge in [0.15, 0.2) is 11.2 Å². The zero-order valence-electron chi connectivity index (χ0n) is 17.7. The third-order valence-electron chi connectivity index (χ3n) is 5.35. The van der Waals surface area contributed by atoms with E-state index in [1.54, 1.807) is 54.6 Å². The molecule has 0 radical (unpaired) electrons. The Kier molecular flexibility index (Phi) is 5.38. The smallest absolute Gasteiger partial charge is 0.268 e. The summed E-state index contributed by atoms with van der Waals surface area (Å²) in [5.41, 5.74) is -0.153. The van der Waals surface area contributed by atoms with E-state index in [0.29, 0.717) is 16.4 Å². The molecular weight excluding hydrogens is 479 g/mol. The Balaban J connectivity index is 1.86. The normalized spacial score (nSPS) is 11.5. The van der Waals surface area contributed by atoms with Crippen LogP contribution in [0.15, 0.2) is 83.7 Å². The van der Waals surface area contributed by atoms with Crippen LogP contribution >= 0.6 is 11.6 Å². The number of nitriles is 1. The molecule has 0 spiro atoms. The average Bonchev–Trinajstić information content (AvgIpc) is 3.24. The number of alkyl halides is 3. The fourth-order valence-corrected chi connectivity index (χ4v) is 3.87. The first-order valence-electron chi connectivity index (χ1n) is 10.2. The minimum absolute atomic E-state index is 0.0528. The number of hydrogen-bond donors (Lipinski definition) is 0. The maximum absolute atomic E-state index is 13.7. The predicted molar refractivity (Wildman–Crippen MR) is 125 cm³/mol. The van der Waals surface area contributed by atoms with Crippen LogP contribution in [0.25, 0.3) is 33.9 Å². The van der Waals surface area contributed by atoms with Gasteiger partial charge in [-0.05, 0) is 48.5 Å². The lowest BCUT2D eigenvalue weighted by Gasteiger charge is -2.14. The predicted octanol–water partition coefficient (Wildman–Crippen LogP) is 5.78. The van der Waals surface area contributed by atoms with Gasteiger partial charge in [0.1, 0.15) is 11.9 Å². The van der Waals surface area contributed by atoms with E-state index < -0.39 is 17.3 Å². The first-order valence-corrected chi connectivity index (χ1v) is 10.6. The maximum atomic E-state index is 13.7. The molecule has 0 aliphatic rings. The lowest BCUT2D eigenvalue weighted by Crippen LogP contribution is -2.22. The van der Waals surface area contributed by atoms with Gasteiger partial charge in [-0.15, -0.1) is 0 Å². The quantitative estimate of drug-likeness (QED) is 0.320. The molecule has 3 aromatic carbocycles. The molecule has 10 heteroatoms. The van der Waals surface area contributed by atoms with Gasteiger partial charge < -0.3 is 0 Å². The third-order valence-corrected chi connectivity index (χ3v) is 5.60. The maximum Gasteiger partial charge on any atom is 0.416 e. The number of fused-ring (bicyclic) bond motifs is 1. The lowest BCUT2D eigenvalue weighted by atomic mass is 10.1. The van der Waals surface area contributed by atoms with E-state index in [0.717, 1.165) is 12.1 Å². The Bertz CT molecular complexity index is 1650. The number of imidazole rings is 1. The van der Waals surface area contributed by atoms with Crippen LogP contribution in [-0.2, 0) is 6.18 Å². The molecule has 0 amide bonds. The van der Waals surface area contributed by atoms with Crippen molar-refractivity contribution in [2.75, 3.05) is 0 Å². The summed E-state index contributed by atoms with van der Waals surface area (Å²) in [6.07, 6.45) is -4.51. The highest BCUT2D eigenvalue weighted by Gasteiger charge is 2.30. The summed E-state index contributed by atoms with van der Waals surface area (Å²) in [6, 6.07) is 21.4. The molecule has 2 aromatic heterocycles. The fraction of sp³-hybridized carbons (Fsp3) is 0.0400. The number of rotatable bonds is 3. The van der Waals surface area contributed by atoms with Gasteiger partial charge in [-0.25, -0.2) is 9.97 Å². The molecule has 6 nitrogen and oxygen atoms in total. The minimum Gasteiger partial charge on any atom is -0.268 e. The van der Waals surface area contributed by atoms with E-state index in [4.69, 9.17) is 11.6 Å². The summed E-state index contributed by atoms with van der Waals surface area (Å²) in [5, 5.41) is 10.1. The number of aromatic nitrogens is 4. The molecule has 0 bridgehead atoms. The summed E-state index contributed by atoms with van der Waals surface area (Å²) in [6.45, 7) is 0. The van der Waals surface area contributed by atoms with Gasteiger partial charge in [-0.2, -0.15) is 18.4 Å². The topological polar surface area (TPSA) is 76.5 Å². The van der Waals surface area contributed by atoms with Gasteiger partial charge in [-0.3, -0.25) is 13.9 Å². The van der Waals surface area contributed by atoms with Crippen LogP contribution < -0.4 is 5.56 Å². The zero-order chi connectivity index (χ0) is 24.7. The van der Waals surface area contributed by atoms with Crippen LogP contribution in [0.1, 0.15) is 11.4 Å². The first kappa shape index (κ1) is 22.4. The zero-order valence-corrected chi connectivity index (χ0v) is 18.4. The molecule has 35 heavy (non-hydrogen) atoms. The van der Waals surface area contributed by atoms with E-state index in [2.05, 4.69) is 9.97 Å². The lowest BCUT2D eigenvalue weighted by molar-refractivity contribution is -0.137. The van der Waals surface area contributed by atoms with Crippen molar-refractivity contribution in [3.05, 3.63) is 106 Å². The van der Waals surface area contributed by atoms with Crippen molar-refractivity contribution < 1.29 is 13.2 Å².